The molecule has 9 nitrogen and oxygen atoms in total. The van der Waals surface area contributed by atoms with Gasteiger partial charge in [-0.3, -0.25) is 14.4 Å². The second kappa shape index (κ2) is 12.9. The van der Waals surface area contributed by atoms with E-state index in [4.69, 9.17) is 0 Å². The molecule has 1 aliphatic rings. The lowest BCUT2D eigenvalue weighted by Crippen LogP contribution is -2.47. The van der Waals surface area contributed by atoms with Crippen molar-refractivity contribution in [3.05, 3.63) is 59.9 Å². The van der Waals surface area contributed by atoms with Crippen LogP contribution >= 0.6 is 0 Å². The summed E-state index contributed by atoms with van der Waals surface area (Å²) in [5.41, 5.74) is -0.0598. The number of amides is 3. The van der Waals surface area contributed by atoms with Crippen molar-refractivity contribution in [2.45, 2.75) is 70.4 Å². The molecule has 0 saturated carbocycles. The minimum atomic E-state index is -3.74. The van der Waals surface area contributed by atoms with Gasteiger partial charge in [-0.25, -0.2) is 17.5 Å². The van der Waals surface area contributed by atoms with Crippen molar-refractivity contribution in [3.63, 3.8) is 0 Å². The summed E-state index contributed by atoms with van der Waals surface area (Å²) in [4.78, 5) is 40.5. The molecule has 2 aromatic rings. The summed E-state index contributed by atoms with van der Waals surface area (Å²) < 4.78 is 41.1. The highest BCUT2D eigenvalue weighted by atomic mass is 32.2. The van der Waals surface area contributed by atoms with E-state index in [2.05, 4.69) is 15.4 Å². The Bertz CT molecular complexity index is 1300. The van der Waals surface area contributed by atoms with Crippen LogP contribution in [0.3, 0.4) is 0 Å². The molecule has 3 rings (SSSR count). The average molecular weight is 575 g/mol. The second-order valence-corrected chi connectivity index (χ2v) is 13.2. The van der Waals surface area contributed by atoms with Gasteiger partial charge in [0.15, 0.2) is 0 Å². The highest BCUT2D eigenvalue weighted by Gasteiger charge is 2.30. The lowest BCUT2D eigenvalue weighted by atomic mass is 9.89. The molecule has 0 radical (unpaired) electrons. The molecule has 0 bridgehead atoms. The van der Waals surface area contributed by atoms with Gasteiger partial charge in [0.1, 0.15) is 11.9 Å². The fraction of sp³-hybridized carbons (Fsp3) is 0.483. The Labute approximate surface area is 236 Å². The van der Waals surface area contributed by atoms with Crippen molar-refractivity contribution in [2.75, 3.05) is 18.4 Å². The standard InChI is InChI=1S/C29H39FN4O5S/c1-19(2)28(37)34-16-14-20(15-17-34)18-25(32-26(35)21-6-8-22(30)9-7-21)27(36)31-23-10-12-24(13-11-23)40(38,39)33-29(3,4)5/h6-13,19-20,25,33H,14-18H2,1-5H3,(H,31,36)(H,32,35)/t25-/m0/s1. The predicted octanol–water partition coefficient (Wildman–Crippen LogP) is 3.92. The van der Waals surface area contributed by atoms with Crippen LogP contribution in [-0.2, 0) is 19.6 Å². The Balaban J connectivity index is 1.73. The molecule has 218 valence electrons. The van der Waals surface area contributed by atoms with E-state index >= 15 is 0 Å². The van der Waals surface area contributed by atoms with Crippen LogP contribution in [0, 0.1) is 17.7 Å². The van der Waals surface area contributed by atoms with Crippen molar-refractivity contribution in [2.24, 2.45) is 11.8 Å². The van der Waals surface area contributed by atoms with Crippen molar-refractivity contribution >= 4 is 33.4 Å². The topological polar surface area (TPSA) is 125 Å². The zero-order chi connectivity index (χ0) is 29.7. The number of carbonyl (C=O) groups is 3. The fourth-order valence-corrected chi connectivity index (χ4v) is 5.99. The number of nitrogens with one attached hydrogen (secondary N) is 3. The SMILES string of the molecule is CC(C)C(=O)N1CCC(C[C@H](NC(=O)c2ccc(F)cc2)C(=O)Nc2ccc(S(=O)(=O)NC(C)(C)C)cc2)CC1. The Morgan fingerprint density at radius 1 is 0.975 bits per heavy atom. The number of hydrogen-bond donors (Lipinski definition) is 3. The third-order valence-corrected chi connectivity index (χ3v) is 8.36. The van der Waals surface area contributed by atoms with E-state index in [9.17, 15) is 27.2 Å². The van der Waals surface area contributed by atoms with Gasteiger partial charge in [-0.15, -0.1) is 0 Å². The van der Waals surface area contributed by atoms with Gasteiger partial charge in [0.2, 0.25) is 21.8 Å². The van der Waals surface area contributed by atoms with Gasteiger partial charge in [-0.05, 0) is 94.5 Å². The molecule has 11 heteroatoms. The van der Waals surface area contributed by atoms with Crippen molar-refractivity contribution in [1.82, 2.24) is 14.9 Å². The van der Waals surface area contributed by atoms with Gasteiger partial charge in [0, 0.05) is 35.8 Å². The number of likely N-dealkylation sites (tertiary alicyclic amines) is 1. The van der Waals surface area contributed by atoms with E-state index in [0.29, 0.717) is 38.0 Å². The number of sulfonamides is 1. The molecule has 0 aromatic heterocycles. The van der Waals surface area contributed by atoms with Crippen LogP contribution in [0.15, 0.2) is 53.4 Å². The van der Waals surface area contributed by atoms with Crippen molar-refractivity contribution in [1.29, 1.82) is 0 Å². The van der Waals surface area contributed by atoms with Crippen LogP contribution in [0.2, 0.25) is 0 Å². The normalized spacial score (nSPS) is 15.5. The lowest BCUT2D eigenvalue weighted by molar-refractivity contribution is -0.136. The van der Waals surface area contributed by atoms with Gasteiger partial charge in [0.25, 0.3) is 5.91 Å². The van der Waals surface area contributed by atoms with Crippen LogP contribution < -0.4 is 15.4 Å². The van der Waals surface area contributed by atoms with E-state index < -0.39 is 39.2 Å². The summed E-state index contributed by atoms with van der Waals surface area (Å²) in [6.45, 7) is 10.1. The minimum absolute atomic E-state index is 0.0595. The number of anilines is 1. The van der Waals surface area contributed by atoms with Crippen LogP contribution in [0.4, 0.5) is 10.1 Å². The molecule has 1 fully saturated rings. The monoisotopic (exact) mass is 574 g/mol. The lowest BCUT2D eigenvalue weighted by Gasteiger charge is -2.34. The molecule has 1 aliphatic heterocycles. The predicted molar refractivity (Wildman–Crippen MR) is 152 cm³/mol. The van der Waals surface area contributed by atoms with E-state index in [1.807, 2.05) is 18.7 Å². The summed E-state index contributed by atoms with van der Waals surface area (Å²) in [5.74, 6) is -1.34. The first-order valence-electron chi connectivity index (χ1n) is 13.4. The second-order valence-electron chi connectivity index (χ2n) is 11.6. The number of piperidine rings is 1. The molecule has 2 aromatic carbocycles. The molecule has 3 N–H and O–H groups in total. The molecule has 1 heterocycles. The molecule has 40 heavy (non-hydrogen) atoms. The summed E-state index contributed by atoms with van der Waals surface area (Å²) in [6.07, 6.45) is 1.74. The maximum atomic E-state index is 13.4. The van der Waals surface area contributed by atoms with Crippen LogP contribution in [-0.4, -0.2) is 55.7 Å². The first-order valence-corrected chi connectivity index (χ1v) is 14.9. The van der Waals surface area contributed by atoms with E-state index in [1.54, 1.807) is 20.8 Å². The Morgan fingerprint density at radius 2 is 1.55 bits per heavy atom. The Kier molecular flexibility index (Phi) is 10.1. The first kappa shape index (κ1) is 31.2. The maximum absolute atomic E-state index is 13.4. The van der Waals surface area contributed by atoms with Gasteiger partial charge < -0.3 is 15.5 Å². The third kappa shape index (κ3) is 8.85. The minimum Gasteiger partial charge on any atom is -0.342 e. The number of rotatable bonds is 9. The van der Waals surface area contributed by atoms with Crippen molar-refractivity contribution in [3.8, 4) is 0 Å². The van der Waals surface area contributed by atoms with E-state index in [-0.39, 0.29) is 28.2 Å². The molecular formula is C29H39FN4O5S. The number of benzene rings is 2. The summed E-state index contributed by atoms with van der Waals surface area (Å²) in [6, 6.07) is 9.93. The molecule has 1 saturated heterocycles. The molecular weight excluding hydrogens is 535 g/mol. The van der Waals surface area contributed by atoms with E-state index in [0.717, 1.165) is 0 Å². The first-order chi connectivity index (χ1) is 18.6. The molecule has 0 spiro atoms. The average Bonchev–Trinajstić information content (AvgIpc) is 2.87. The van der Waals surface area contributed by atoms with Crippen LogP contribution in [0.1, 0.15) is 64.2 Å². The molecule has 3 amide bonds. The molecule has 0 unspecified atom stereocenters. The van der Waals surface area contributed by atoms with Crippen molar-refractivity contribution < 1.29 is 27.2 Å². The summed E-state index contributed by atoms with van der Waals surface area (Å²) in [7, 11) is -3.74. The number of carbonyl (C=O) groups excluding carboxylic acids is 3. The number of nitrogens with zero attached hydrogens (tertiary/aromatic N) is 1. The zero-order valence-corrected chi connectivity index (χ0v) is 24.5. The van der Waals surface area contributed by atoms with Gasteiger partial charge in [-0.1, -0.05) is 13.8 Å². The summed E-state index contributed by atoms with van der Waals surface area (Å²) in [5, 5.41) is 5.55. The summed E-state index contributed by atoms with van der Waals surface area (Å²) >= 11 is 0. The van der Waals surface area contributed by atoms with Gasteiger partial charge >= 0.3 is 0 Å². The van der Waals surface area contributed by atoms with Gasteiger partial charge in [-0.2, -0.15) is 0 Å². The number of halogens is 1. The van der Waals surface area contributed by atoms with Crippen LogP contribution in [0.25, 0.3) is 0 Å². The highest BCUT2D eigenvalue weighted by Crippen LogP contribution is 2.24. The molecule has 1 atom stereocenters. The van der Waals surface area contributed by atoms with Gasteiger partial charge in [0.05, 0.1) is 4.90 Å². The molecule has 0 aliphatic carbocycles. The quantitative estimate of drug-likeness (QED) is 0.419. The Morgan fingerprint density at radius 3 is 2.08 bits per heavy atom. The maximum Gasteiger partial charge on any atom is 0.251 e. The largest absolute Gasteiger partial charge is 0.342 e. The fourth-order valence-electron chi connectivity index (χ4n) is 4.57. The Hall–Kier alpha value is -3.31. The highest BCUT2D eigenvalue weighted by molar-refractivity contribution is 7.89. The van der Waals surface area contributed by atoms with Crippen LogP contribution in [0.5, 0.6) is 0 Å². The smallest absolute Gasteiger partial charge is 0.251 e. The number of hydrogen-bond acceptors (Lipinski definition) is 5. The zero-order valence-electron chi connectivity index (χ0n) is 23.7. The third-order valence-electron chi connectivity index (χ3n) is 6.59. The van der Waals surface area contributed by atoms with E-state index in [1.165, 1.54) is 48.5 Å².